The molecule has 1 fully saturated rings. The molecule has 17 heavy (non-hydrogen) atoms. The summed E-state index contributed by atoms with van der Waals surface area (Å²) in [4.78, 5) is 24.9. The van der Waals surface area contributed by atoms with Gasteiger partial charge in [-0.15, -0.1) is 0 Å². The number of nitrogens with one attached hydrogen (secondary N) is 1. The average Bonchev–Trinajstić information content (AvgIpc) is 2.37. The number of hydrogen-bond donors (Lipinski definition) is 1. The molecule has 0 radical (unpaired) electrons. The minimum Gasteiger partial charge on any atom is -0.469 e. The molecule has 0 aromatic carbocycles. The third-order valence-electron chi connectivity index (χ3n) is 2.97. The fraction of sp³-hybridized carbons (Fsp3) is 0.818. The monoisotopic (exact) mass is 244 g/mol. The van der Waals surface area contributed by atoms with Gasteiger partial charge in [0.15, 0.2) is 0 Å². The lowest BCUT2D eigenvalue weighted by Gasteiger charge is -2.38. The first-order valence-corrected chi connectivity index (χ1v) is 5.72. The summed E-state index contributed by atoms with van der Waals surface area (Å²) in [7, 11) is 2.96. The Kier molecular flexibility index (Phi) is 5.37. The number of esters is 1. The van der Waals surface area contributed by atoms with Crippen LogP contribution in [-0.4, -0.2) is 62.8 Å². The van der Waals surface area contributed by atoms with Crippen molar-refractivity contribution in [1.29, 1.82) is 0 Å². The van der Waals surface area contributed by atoms with Gasteiger partial charge < -0.3 is 14.8 Å². The molecule has 6 nitrogen and oxygen atoms in total. The van der Waals surface area contributed by atoms with Crippen LogP contribution in [0.3, 0.4) is 0 Å². The number of rotatable bonds is 4. The second kappa shape index (κ2) is 6.56. The number of hydrogen-bond acceptors (Lipinski definition) is 5. The number of likely N-dealkylation sites (N-methyl/N-ethyl adjacent to an activating group) is 1. The number of morpholine rings is 1. The predicted octanol–water partition coefficient (Wildman–Crippen LogP) is -0.615. The first-order valence-electron chi connectivity index (χ1n) is 5.72. The van der Waals surface area contributed by atoms with Crippen molar-refractivity contribution in [3.63, 3.8) is 0 Å². The van der Waals surface area contributed by atoms with E-state index in [9.17, 15) is 9.59 Å². The Morgan fingerprint density at radius 3 is 2.88 bits per heavy atom. The maximum absolute atomic E-state index is 11.7. The van der Waals surface area contributed by atoms with Crippen LogP contribution in [0.5, 0.6) is 0 Å². The van der Waals surface area contributed by atoms with E-state index in [-0.39, 0.29) is 30.4 Å². The average molecular weight is 244 g/mol. The molecular weight excluding hydrogens is 224 g/mol. The van der Waals surface area contributed by atoms with E-state index in [1.807, 2.05) is 11.8 Å². The summed E-state index contributed by atoms with van der Waals surface area (Å²) in [5.41, 5.74) is 0. The van der Waals surface area contributed by atoms with Gasteiger partial charge in [0.25, 0.3) is 0 Å². The summed E-state index contributed by atoms with van der Waals surface area (Å²) < 4.78 is 9.93. The molecule has 0 bridgehead atoms. The van der Waals surface area contributed by atoms with Crippen LogP contribution in [0.1, 0.15) is 13.3 Å². The predicted molar refractivity (Wildman–Crippen MR) is 61.5 cm³/mol. The van der Waals surface area contributed by atoms with Gasteiger partial charge in [-0.1, -0.05) is 0 Å². The molecular formula is C11H20N2O4. The minimum absolute atomic E-state index is 0.0337. The molecule has 2 atom stereocenters. The van der Waals surface area contributed by atoms with Crippen molar-refractivity contribution in [3.8, 4) is 0 Å². The van der Waals surface area contributed by atoms with Crippen molar-refractivity contribution in [2.75, 3.05) is 33.9 Å². The van der Waals surface area contributed by atoms with Crippen LogP contribution >= 0.6 is 0 Å². The smallest absolute Gasteiger partial charge is 0.307 e. The van der Waals surface area contributed by atoms with Crippen LogP contribution in [0, 0.1) is 0 Å². The van der Waals surface area contributed by atoms with Gasteiger partial charge in [-0.2, -0.15) is 0 Å². The molecule has 1 amide bonds. The van der Waals surface area contributed by atoms with Gasteiger partial charge in [-0.05, 0) is 6.92 Å². The molecule has 2 unspecified atom stereocenters. The van der Waals surface area contributed by atoms with Gasteiger partial charge in [0.05, 0.1) is 26.7 Å². The van der Waals surface area contributed by atoms with Gasteiger partial charge in [-0.25, -0.2) is 0 Å². The molecule has 0 aromatic rings. The molecule has 98 valence electrons. The highest BCUT2D eigenvalue weighted by Gasteiger charge is 2.32. The van der Waals surface area contributed by atoms with Crippen LogP contribution in [0.2, 0.25) is 0 Å². The van der Waals surface area contributed by atoms with Crippen LogP contribution < -0.4 is 5.32 Å². The van der Waals surface area contributed by atoms with E-state index in [0.717, 1.165) is 0 Å². The third-order valence-corrected chi connectivity index (χ3v) is 2.97. The van der Waals surface area contributed by atoms with Crippen molar-refractivity contribution in [2.45, 2.75) is 25.4 Å². The van der Waals surface area contributed by atoms with Crippen LogP contribution in [0.25, 0.3) is 0 Å². The zero-order valence-corrected chi connectivity index (χ0v) is 10.6. The van der Waals surface area contributed by atoms with Crippen molar-refractivity contribution < 1.29 is 19.1 Å². The topological polar surface area (TPSA) is 67.9 Å². The van der Waals surface area contributed by atoms with E-state index >= 15 is 0 Å². The van der Waals surface area contributed by atoms with Crippen LogP contribution in [0.15, 0.2) is 0 Å². The van der Waals surface area contributed by atoms with E-state index in [1.54, 1.807) is 7.05 Å². The molecule has 1 heterocycles. The number of ether oxygens (including phenoxy) is 2. The quantitative estimate of drug-likeness (QED) is 0.668. The Morgan fingerprint density at radius 1 is 1.59 bits per heavy atom. The summed E-state index contributed by atoms with van der Waals surface area (Å²) in [6.45, 7) is 3.51. The Balaban J connectivity index is 2.63. The molecule has 0 aromatic heterocycles. The van der Waals surface area contributed by atoms with Crippen molar-refractivity contribution >= 4 is 11.9 Å². The van der Waals surface area contributed by atoms with Gasteiger partial charge in [0, 0.05) is 19.6 Å². The molecule has 0 aliphatic carbocycles. The molecule has 0 saturated carbocycles. The third kappa shape index (κ3) is 3.67. The lowest BCUT2D eigenvalue weighted by atomic mass is 10.1. The Morgan fingerprint density at radius 2 is 2.29 bits per heavy atom. The lowest BCUT2D eigenvalue weighted by Crippen LogP contribution is -2.56. The SMILES string of the molecule is CNC(=O)C1COCCN1C(C)CC(=O)OC. The van der Waals surface area contributed by atoms with Gasteiger partial charge in [0.2, 0.25) is 5.91 Å². The maximum atomic E-state index is 11.7. The second-order valence-corrected chi connectivity index (χ2v) is 4.07. The molecule has 1 saturated heterocycles. The van der Waals surface area contributed by atoms with Crippen molar-refractivity contribution in [3.05, 3.63) is 0 Å². The summed E-state index contributed by atoms with van der Waals surface area (Å²) in [5, 5.41) is 2.61. The summed E-state index contributed by atoms with van der Waals surface area (Å²) in [5.74, 6) is -0.346. The molecule has 1 N–H and O–H groups in total. The van der Waals surface area contributed by atoms with Crippen molar-refractivity contribution in [2.24, 2.45) is 0 Å². The molecule has 6 heteroatoms. The zero-order chi connectivity index (χ0) is 12.8. The fourth-order valence-electron chi connectivity index (χ4n) is 1.98. The standard InChI is InChI=1S/C11H20N2O4/c1-8(6-10(14)16-3)13-4-5-17-7-9(13)11(15)12-2/h8-9H,4-7H2,1-3H3,(H,12,15). The summed E-state index contributed by atoms with van der Waals surface area (Å²) in [6, 6.07) is -0.359. The zero-order valence-electron chi connectivity index (χ0n) is 10.6. The van der Waals surface area contributed by atoms with Crippen LogP contribution in [0.4, 0.5) is 0 Å². The molecule has 1 aliphatic rings. The largest absolute Gasteiger partial charge is 0.469 e. The van der Waals surface area contributed by atoms with E-state index in [1.165, 1.54) is 7.11 Å². The van der Waals surface area contributed by atoms with Crippen molar-refractivity contribution in [1.82, 2.24) is 10.2 Å². The van der Waals surface area contributed by atoms with E-state index < -0.39 is 0 Å². The lowest BCUT2D eigenvalue weighted by molar-refractivity contribution is -0.145. The van der Waals surface area contributed by atoms with Gasteiger partial charge >= 0.3 is 5.97 Å². The Bertz CT molecular complexity index is 283. The number of methoxy groups -OCH3 is 1. The molecule has 1 rings (SSSR count). The summed E-state index contributed by atoms with van der Waals surface area (Å²) >= 11 is 0. The normalized spacial score (nSPS) is 22.9. The maximum Gasteiger partial charge on any atom is 0.307 e. The number of amides is 1. The van der Waals surface area contributed by atoms with E-state index in [2.05, 4.69) is 10.1 Å². The number of nitrogens with zero attached hydrogens (tertiary/aromatic N) is 1. The van der Waals surface area contributed by atoms with E-state index in [0.29, 0.717) is 19.8 Å². The van der Waals surface area contributed by atoms with Gasteiger partial charge in [0.1, 0.15) is 6.04 Å². The van der Waals surface area contributed by atoms with E-state index in [4.69, 9.17) is 4.74 Å². The number of carbonyl (C=O) groups excluding carboxylic acids is 2. The van der Waals surface area contributed by atoms with Gasteiger partial charge in [-0.3, -0.25) is 14.5 Å². The molecule has 0 spiro atoms. The molecule has 1 aliphatic heterocycles. The van der Waals surface area contributed by atoms with Crippen LogP contribution in [-0.2, 0) is 19.1 Å². The minimum atomic E-state index is -0.326. The summed E-state index contributed by atoms with van der Waals surface area (Å²) in [6.07, 6.45) is 0.282. The highest BCUT2D eigenvalue weighted by atomic mass is 16.5. The highest BCUT2D eigenvalue weighted by molar-refractivity contribution is 5.81. The Hall–Kier alpha value is -1.14. The second-order valence-electron chi connectivity index (χ2n) is 4.07. The Labute approximate surface area is 101 Å². The first-order chi connectivity index (χ1) is 8.10. The number of carbonyl (C=O) groups is 2. The highest BCUT2D eigenvalue weighted by Crippen LogP contribution is 2.14. The fourth-order valence-corrected chi connectivity index (χ4v) is 1.98. The first kappa shape index (κ1) is 13.9.